The molecule has 90 valence electrons. The first-order valence-corrected chi connectivity index (χ1v) is 6.57. The predicted octanol–water partition coefficient (Wildman–Crippen LogP) is 3.54. The quantitative estimate of drug-likeness (QED) is 0.844. The molecule has 2 heteroatoms. The lowest BCUT2D eigenvalue weighted by Crippen LogP contribution is -2.28. The van der Waals surface area contributed by atoms with E-state index in [2.05, 4.69) is 13.0 Å². The number of hydrogen-bond acceptors (Lipinski definition) is 2. The predicted molar refractivity (Wildman–Crippen MR) is 66.2 cm³/mol. The van der Waals surface area contributed by atoms with Crippen molar-refractivity contribution in [3.05, 3.63) is 24.2 Å². The average Bonchev–Trinajstić information content (AvgIpc) is 2.83. The first-order valence-electron chi connectivity index (χ1n) is 6.57. The molecular formula is C14H23NO. The Labute approximate surface area is 98.2 Å². The number of rotatable bonds is 4. The van der Waals surface area contributed by atoms with E-state index in [4.69, 9.17) is 10.2 Å². The summed E-state index contributed by atoms with van der Waals surface area (Å²) in [7, 11) is 0. The second kappa shape index (κ2) is 5.53. The van der Waals surface area contributed by atoms with Crippen molar-refractivity contribution in [2.75, 3.05) is 6.54 Å². The zero-order valence-electron chi connectivity index (χ0n) is 10.2. The highest BCUT2D eigenvalue weighted by atomic mass is 16.3. The SMILES string of the molecule is CCCC1CCC(CN)C(c2ccoc2)C1. The third-order valence-electron chi connectivity index (χ3n) is 4.07. The summed E-state index contributed by atoms with van der Waals surface area (Å²) in [6.45, 7) is 3.09. The minimum absolute atomic E-state index is 0.633. The van der Waals surface area contributed by atoms with Crippen LogP contribution >= 0.6 is 0 Å². The summed E-state index contributed by atoms with van der Waals surface area (Å²) >= 11 is 0. The summed E-state index contributed by atoms with van der Waals surface area (Å²) in [5.74, 6) is 2.19. The summed E-state index contributed by atoms with van der Waals surface area (Å²) in [6.07, 6.45) is 10.3. The molecule has 1 aliphatic carbocycles. The van der Waals surface area contributed by atoms with Crippen molar-refractivity contribution in [3.8, 4) is 0 Å². The molecule has 3 unspecified atom stereocenters. The largest absolute Gasteiger partial charge is 0.472 e. The fraction of sp³-hybridized carbons (Fsp3) is 0.714. The maximum absolute atomic E-state index is 5.89. The summed E-state index contributed by atoms with van der Waals surface area (Å²) in [5, 5.41) is 0. The molecule has 16 heavy (non-hydrogen) atoms. The van der Waals surface area contributed by atoms with E-state index in [9.17, 15) is 0 Å². The third-order valence-corrected chi connectivity index (χ3v) is 4.07. The van der Waals surface area contributed by atoms with E-state index in [-0.39, 0.29) is 0 Å². The van der Waals surface area contributed by atoms with E-state index in [1.165, 1.54) is 37.7 Å². The first kappa shape index (κ1) is 11.7. The van der Waals surface area contributed by atoms with Gasteiger partial charge in [-0.2, -0.15) is 0 Å². The highest BCUT2D eigenvalue weighted by molar-refractivity contribution is 5.15. The van der Waals surface area contributed by atoms with Crippen LogP contribution in [0.3, 0.4) is 0 Å². The van der Waals surface area contributed by atoms with Gasteiger partial charge in [0, 0.05) is 0 Å². The van der Waals surface area contributed by atoms with E-state index < -0.39 is 0 Å². The number of hydrogen-bond donors (Lipinski definition) is 1. The lowest BCUT2D eigenvalue weighted by atomic mass is 9.70. The molecule has 1 saturated carbocycles. The summed E-state index contributed by atoms with van der Waals surface area (Å²) in [6, 6.07) is 2.11. The van der Waals surface area contributed by atoms with Gasteiger partial charge in [0.2, 0.25) is 0 Å². The van der Waals surface area contributed by atoms with Crippen LogP contribution in [0, 0.1) is 11.8 Å². The van der Waals surface area contributed by atoms with Crippen molar-refractivity contribution >= 4 is 0 Å². The van der Waals surface area contributed by atoms with Crippen LogP contribution in [0.15, 0.2) is 23.0 Å². The highest BCUT2D eigenvalue weighted by Crippen LogP contribution is 2.41. The number of furan rings is 1. The minimum atomic E-state index is 0.633. The van der Waals surface area contributed by atoms with Crippen LogP contribution in [0.5, 0.6) is 0 Å². The molecule has 2 N–H and O–H groups in total. The van der Waals surface area contributed by atoms with Crippen LogP contribution < -0.4 is 5.73 Å². The average molecular weight is 221 g/mol. The smallest absolute Gasteiger partial charge is 0.0937 e. The summed E-state index contributed by atoms with van der Waals surface area (Å²) in [4.78, 5) is 0. The lowest BCUT2D eigenvalue weighted by molar-refractivity contribution is 0.229. The molecule has 1 aromatic rings. The second-order valence-corrected chi connectivity index (χ2v) is 5.13. The Kier molecular flexibility index (Phi) is 4.05. The molecule has 0 aromatic carbocycles. The van der Waals surface area contributed by atoms with Crippen LogP contribution in [0.4, 0.5) is 0 Å². The van der Waals surface area contributed by atoms with E-state index in [1.807, 2.05) is 6.26 Å². The third kappa shape index (κ3) is 2.49. The second-order valence-electron chi connectivity index (χ2n) is 5.13. The molecular weight excluding hydrogens is 198 g/mol. The lowest BCUT2D eigenvalue weighted by Gasteiger charge is -2.35. The maximum atomic E-state index is 5.89. The Balaban J connectivity index is 2.05. The Morgan fingerprint density at radius 2 is 2.31 bits per heavy atom. The molecule has 2 rings (SSSR count). The van der Waals surface area contributed by atoms with Crippen LogP contribution in [0.1, 0.15) is 50.5 Å². The molecule has 1 aromatic heterocycles. The molecule has 0 spiro atoms. The fourth-order valence-corrected chi connectivity index (χ4v) is 3.17. The van der Waals surface area contributed by atoms with Gasteiger partial charge >= 0.3 is 0 Å². The normalized spacial score (nSPS) is 30.5. The fourth-order valence-electron chi connectivity index (χ4n) is 3.17. The maximum Gasteiger partial charge on any atom is 0.0937 e. The zero-order chi connectivity index (χ0) is 11.4. The molecule has 0 aliphatic heterocycles. The van der Waals surface area contributed by atoms with Crippen molar-refractivity contribution in [1.29, 1.82) is 0 Å². The van der Waals surface area contributed by atoms with Crippen molar-refractivity contribution < 1.29 is 4.42 Å². The monoisotopic (exact) mass is 221 g/mol. The zero-order valence-corrected chi connectivity index (χ0v) is 10.2. The van der Waals surface area contributed by atoms with Gasteiger partial charge in [-0.15, -0.1) is 0 Å². The van der Waals surface area contributed by atoms with E-state index >= 15 is 0 Å². The Hall–Kier alpha value is -0.760. The van der Waals surface area contributed by atoms with E-state index in [0.29, 0.717) is 11.8 Å². The minimum Gasteiger partial charge on any atom is -0.472 e. The van der Waals surface area contributed by atoms with E-state index in [0.717, 1.165) is 12.5 Å². The summed E-state index contributed by atoms with van der Waals surface area (Å²) in [5.41, 5.74) is 7.25. The van der Waals surface area contributed by atoms with Crippen LogP contribution in [-0.2, 0) is 0 Å². The van der Waals surface area contributed by atoms with Crippen molar-refractivity contribution in [3.63, 3.8) is 0 Å². The van der Waals surface area contributed by atoms with Crippen molar-refractivity contribution in [2.24, 2.45) is 17.6 Å². The molecule has 0 saturated heterocycles. The molecule has 0 bridgehead atoms. The van der Waals surface area contributed by atoms with Gasteiger partial charge in [0.1, 0.15) is 0 Å². The van der Waals surface area contributed by atoms with Crippen molar-refractivity contribution in [2.45, 2.75) is 44.9 Å². The van der Waals surface area contributed by atoms with Crippen molar-refractivity contribution in [1.82, 2.24) is 0 Å². The number of nitrogens with two attached hydrogens (primary N) is 1. The van der Waals surface area contributed by atoms with Gasteiger partial charge in [-0.3, -0.25) is 0 Å². The van der Waals surface area contributed by atoms with Gasteiger partial charge in [-0.1, -0.05) is 26.2 Å². The molecule has 1 heterocycles. The Bertz CT molecular complexity index is 294. The molecule has 1 fully saturated rings. The van der Waals surface area contributed by atoms with Gasteiger partial charge < -0.3 is 10.2 Å². The molecule has 0 radical (unpaired) electrons. The Morgan fingerprint density at radius 1 is 1.44 bits per heavy atom. The van der Waals surface area contributed by atoms with Gasteiger partial charge in [0.25, 0.3) is 0 Å². The van der Waals surface area contributed by atoms with Crippen LogP contribution in [-0.4, -0.2) is 6.54 Å². The van der Waals surface area contributed by atoms with Gasteiger partial charge in [0.05, 0.1) is 12.5 Å². The van der Waals surface area contributed by atoms with Gasteiger partial charge in [0.15, 0.2) is 0 Å². The van der Waals surface area contributed by atoms with E-state index in [1.54, 1.807) is 6.26 Å². The standard InChI is InChI=1S/C14H23NO/c1-2-3-11-4-5-12(9-15)14(8-11)13-6-7-16-10-13/h6-7,10-12,14H,2-5,8-9,15H2,1H3. The first-order chi connectivity index (χ1) is 7.85. The molecule has 1 aliphatic rings. The highest BCUT2D eigenvalue weighted by Gasteiger charge is 2.30. The van der Waals surface area contributed by atoms with Gasteiger partial charge in [-0.05, 0) is 48.8 Å². The Morgan fingerprint density at radius 3 is 2.94 bits per heavy atom. The van der Waals surface area contributed by atoms with Crippen LogP contribution in [0.2, 0.25) is 0 Å². The molecule has 3 atom stereocenters. The molecule has 2 nitrogen and oxygen atoms in total. The molecule has 0 amide bonds. The topological polar surface area (TPSA) is 39.2 Å². The summed E-state index contributed by atoms with van der Waals surface area (Å²) < 4.78 is 5.21. The van der Waals surface area contributed by atoms with Gasteiger partial charge in [-0.25, -0.2) is 0 Å². The van der Waals surface area contributed by atoms with Crippen LogP contribution in [0.25, 0.3) is 0 Å².